The summed E-state index contributed by atoms with van der Waals surface area (Å²) in [6.07, 6.45) is -3.84. The van der Waals surface area contributed by atoms with Crippen LogP contribution in [0.4, 0.5) is 5.95 Å². The summed E-state index contributed by atoms with van der Waals surface area (Å²) in [6.45, 7) is 0. The van der Waals surface area contributed by atoms with Crippen molar-refractivity contribution >= 4 is 40.2 Å². The first-order valence-electron chi connectivity index (χ1n) is 6.78. The van der Waals surface area contributed by atoms with E-state index in [0.29, 0.717) is 0 Å². The minimum atomic E-state index is -3.41. The van der Waals surface area contributed by atoms with E-state index < -0.39 is 34.8 Å². The molecule has 3 rings (SSSR count). The molecule has 134 valence electrons. The van der Waals surface area contributed by atoms with Crippen LogP contribution in [-0.4, -0.2) is 58.0 Å². The van der Waals surface area contributed by atoms with Crippen LogP contribution in [0.15, 0.2) is 17.1 Å². The first-order valence-corrected chi connectivity index (χ1v) is 7.54. The molecule has 0 radical (unpaired) electrons. The molecule has 1 saturated heterocycles. The molecule has 7 N–H and O–H groups in total. The molecule has 4 unspecified atom stereocenters. The number of aromatic amines is 1. The van der Waals surface area contributed by atoms with Gasteiger partial charge in [-0.05, 0) is 17.7 Å². The second kappa shape index (κ2) is 5.86. The predicted octanol–water partition coefficient (Wildman–Crippen LogP) is -1.63. The zero-order chi connectivity index (χ0) is 18.6. The Kier molecular flexibility index (Phi) is 4.21. The largest absolute Gasteiger partial charge is 0.387 e. The van der Waals surface area contributed by atoms with Gasteiger partial charge in [-0.1, -0.05) is 17.5 Å². The highest BCUT2D eigenvalue weighted by Crippen LogP contribution is 2.46. The number of hydrogen-bond acceptors (Lipinski definition) is 8. The number of aliphatic hydroxyl groups is 4. The van der Waals surface area contributed by atoms with E-state index in [4.69, 9.17) is 33.7 Å². The van der Waals surface area contributed by atoms with E-state index in [0.717, 1.165) is 0 Å². The molecule has 10 nitrogen and oxygen atoms in total. The number of aliphatic hydroxyl groups excluding tert-OH is 1. The number of aromatic nitrogens is 3. The smallest absolute Gasteiger partial charge is 0.306 e. The van der Waals surface area contributed by atoms with Crippen LogP contribution in [0, 0.1) is 11.3 Å². The van der Waals surface area contributed by atoms with Crippen LogP contribution < -0.4 is 11.3 Å². The molecule has 0 aromatic carbocycles. The molecule has 2 aromatic rings. The molecular weight excluding hydrogens is 379 g/mol. The number of hydrogen-bond donors (Lipinski definition) is 6. The Morgan fingerprint density at radius 1 is 1.48 bits per heavy atom. The van der Waals surface area contributed by atoms with Crippen LogP contribution in [0.1, 0.15) is 6.23 Å². The van der Waals surface area contributed by atoms with Gasteiger partial charge >= 0.3 is 5.97 Å². The molecule has 2 aromatic heterocycles. The molecule has 4 atom stereocenters. The average molecular weight is 391 g/mol. The van der Waals surface area contributed by atoms with E-state index in [9.17, 15) is 25.2 Å². The Morgan fingerprint density at radius 3 is 2.76 bits per heavy atom. The molecule has 0 amide bonds. The van der Waals surface area contributed by atoms with Gasteiger partial charge in [0.2, 0.25) is 5.95 Å². The van der Waals surface area contributed by atoms with Crippen molar-refractivity contribution in [1.29, 1.82) is 0 Å². The number of nitrogens with one attached hydrogen (secondary N) is 1. The minimum Gasteiger partial charge on any atom is -0.387 e. The summed E-state index contributed by atoms with van der Waals surface area (Å²) in [5.41, 5.74) is 5.04. The van der Waals surface area contributed by atoms with E-state index in [1.165, 1.54) is 16.8 Å². The van der Waals surface area contributed by atoms with E-state index in [1.807, 2.05) is 5.38 Å². The number of nitrogens with two attached hydrogens (primary N) is 1. The summed E-state index contributed by atoms with van der Waals surface area (Å²) in [7, 11) is 0. The maximum Gasteiger partial charge on any atom is 0.306 e. The van der Waals surface area contributed by atoms with Crippen molar-refractivity contribution in [3.63, 3.8) is 0 Å². The third kappa shape index (κ3) is 2.76. The lowest BCUT2D eigenvalue weighted by Crippen LogP contribution is -2.51. The Morgan fingerprint density at radius 2 is 2.16 bits per heavy atom. The third-order valence-corrected chi connectivity index (χ3v) is 4.42. The summed E-state index contributed by atoms with van der Waals surface area (Å²) >= 11 is 11.7. The molecule has 0 saturated carbocycles. The standard InChI is InChI=1S/C13H12Cl2N4O6/c14-3-2-12(15)6(20)7(13(22,23)24)25-10(12)19-4-1-5-8(19)17-11(16)18-9(5)21/h1,4,6-7,10,20,22-24H,(H3,16,17,18,21). The van der Waals surface area contributed by atoms with Gasteiger partial charge in [-0.3, -0.25) is 9.78 Å². The topological polar surface area (TPSA) is 167 Å². The van der Waals surface area contributed by atoms with Crippen molar-refractivity contribution in [2.24, 2.45) is 0 Å². The van der Waals surface area contributed by atoms with Gasteiger partial charge in [-0.2, -0.15) is 4.98 Å². The number of halogens is 2. The summed E-state index contributed by atoms with van der Waals surface area (Å²) in [5, 5.41) is 40.6. The van der Waals surface area contributed by atoms with Crippen molar-refractivity contribution < 1.29 is 25.2 Å². The number of rotatable bonds is 2. The lowest BCUT2D eigenvalue weighted by atomic mass is 9.98. The van der Waals surface area contributed by atoms with Crippen LogP contribution in [-0.2, 0) is 4.74 Å². The van der Waals surface area contributed by atoms with Crippen molar-refractivity contribution in [3.05, 3.63) is 22.6 Å². The number of nitrogen functional groups attached to an aromatic ring is 1. The van der Waals surface area contributed by atoms with Crippen molar-refractivity contribution in [2.75, 3.05) is 5.73 Å². The second-order valence-corrected chi connectivity index (χ2v) is 6.25. The molecular formula is C13H12Cl2N4O6. The number of alkyl halides is 1. The van der Waals surface area contributed by atoms with E-state index in [1.54, 1.807) is 0 Å². The molecule has 1 aliphatic heterocycles. The van der Waals surface area contributed by atoms with Crippen LogP contribution in [0.3, 0.4) is 0 Å². The number of anilines is 1. The first kappa shape index (κ1) is 18.0. The summed E-state index contributed by atoms with van der Waals surface area (Å²) in [5.74, 6) is -1.28. The van der Waals surface area contributed by atoms with Crippen molar-refractivity contribution in [2.45, 2.75) is 29.3 Å². The van der Waals surface area contributed by atoms with Crippen LogP contribution in [0.25, 0.3) is 11.0 Å². The van der Waals surface area contributed by atoms with Gasteiger partial charge in [0.25, 0.3) is 5.56 Å². The molecule has 12 heteroatoms. The zero-order valence-corrected chi connectivity index (χ0v) is 13.7. The van der Waals surface area contributed by atoms with Crippen molar-refractivity contribution in [1.82, 2.24) is 14.5 Å². The highest BCUT2D eigenvalue weighted by molar-refractivity contribution is 6.32. The highest BCUT2D eigenvalue weighted by atomic mass is 35.5. The highest BCUT2D eigenvalue weighted by Gasteiger charge is 2.61. The summed E-state index contributed by atoms with van der Waals surface area (Å²) in [6, 6.07) is 1.39. The Labute approximate surface area is 149 Å². The normalized spacial score (nSPS) is 29.6. The summed E-state index contributed by atoms with van der Waals surface area (Å²) in [4.78, 5) is 16.2. The number of nitrogens with zero attached hydrogens (tertiary/aromatic N) is 2. The first-order chi connectivity index (χ1) is 11.6. The van der Waals surface area contributed by atoms with Gasteiger partial charge < -0.3 is 35.5 Å². The Hall–Kier alpha value is -1.84. The monoisotopic (exact) mass is 390 g/mol. The fourth-order valence-electron chi connectivity index (χ4n) is 2.71. The van der Waals surface area contributed by atoms with E-state index in [2.05, 4.69) is 15.9 Å². The minimum absolute atomic E-state index is 0.0416. The molecule has 1 fully saturated rings. The molecule has 0 spiro atoms. The molecule has 0 aliphatic carbocycles. The average Bonchev–Trinajstić information content (AvgIpc) is 3.00. The van der Waals surface area contributed by atoms with Gasteiger partial charge in [-0.15, -0.1) is 0 Å². The predicted molar refractivity (Wildman–Crippen MR) is 86.3 cm³/mol. The molecule has 0 bridgehead atoms. The fourth-order valence-corrected chi connectivity index (χ4v) is 3.23. The fraction of sp³-hybridized carbons (Fsp3) is 0.385. The lowest BCUT2D eigenvalue weighted by molar-refractivity contribution is -0.368. The second-order valence-electron chi connectivity index (χ2n) is 5.44. The Bertz CT molecular complexity index is 942. The quantitative estimate of drug-likeness (QED) is 0.202. The molecule has 1 aliphatic rings. The van der Waals surface area contributed by atoms with Gasteiger partial charge in [0.1, 0.15) is 6.10 Å². The van der Waals surface area contributed by atoms with Crippen LogP contribution in [0.5, 0.6) is 0 Å². The zero-order valence-electron chi connectivity index (χ0n) is 12.2. The van der Waals surface area contributed by atoms with Gasteiger partial charge in [0, 0.05) is 11.6 Å². The molecule has 3 heterocycles. The van der Waals surface area contributed by atoms with Crippen LogP contribution in [0.2, 0.25) is 0 Å². The maximum absolute atomic E-state index is 11.9. The van der Waals surface area contributed by atoms with E-state index in [-0.39, 0.29) is 17.0 Å². The maximum atomic E-state index is 11.9. The molecule has 25 heavy (non-hydrogen) atoms. The Balaban J connectivity index is 2.21. The van der Waals surface area contributed by atoms with E-state index >= 15 is 0 Å². The van der Waals surface area contributed by atoms with Crippen LogP contribution >= 0.6 is 23.2 Å². The number of ether oxygens (including phenoxy) is 1. The third-order valence-electron chi connectivity index (χ3n) is 3.83. The number of H-pyrrole nitrogens is 1. The summed E-state index contributed by atoms with van der Waals surface area (Å²) < 4.78 is 6.53. The lowest BCUT2D eigenvalue weighted by Gasteiger charge is -2.26. The van der Waals surface area contributed by atoms with Gasteiger partial charge in [-0.25, -0.2) is 0 Å². The van der Waals surface area contributed by atoms with Gasteiger partial charge in [0.15, 0.2) is 22.9 Å². The van der Waals surface area contributed by atoms with Gasteiger partial charge in [0.05, 0.1) is 5.39 Å². The number of fused-ring (bicyclic) bond motifs is 1. The van der Waals surface area contributed by atoms with Crippen molar-refractivity contribution in [3.8, 4) is 11.3 Å². The SMILES string of the molecule is Nc1nc2c(ccn2C2OC(C(O)(O)O)C(O)C2(Cl)C#CCl)c(=O)[nH]1.